The minimum absolute atomic E-state index is 0.0727. The molecule has 0 saturated heterocycles. The predicted octanol–water partition coefficient (Wildman–Crippen LogP) is 0.582. The van der Waals surface area contributed by atoms with Crippen LogP contribution in [0, 0.1) is 0 Å². The summed E-state index contributed by atoms with van der Waals surface area (Å²) in [5.74, 6) is 0.179. The second-order valence-corrected chi connectivity index (χ2v) is 5.17. The van der Waals surface area contributed by atoms with Crippen molar-refractivity contribution in [2.24, 2.45) is 0 Å². The highest BCUT2D eigenvalue weighted by molar-refractivity contribution is 7.84. The number of hydrogen-bond donors (Lipinski definition) is 1. The number of carbonyl (C=O) groups excluding carboxylic acids is 1. The van der Waals surface area contributed by atoms with Crippen LogP contribution >= 0.6 is 0 Å². The molecule has 1 aromatic rings. The van der Waals surface area contributed by atoms with Crippen molar-refractivity contribution in [1.82, 2.24) is 9.55 Å². The summed E-state index contributed by atoms with van der Waals surface area (Å²) in [7, 11) is -0.930. The van der Waals surface area contributed by atoms with Gasteiger partial charge in [0.05, 0.1) is 12.9 Å². The number of nitrogens with two attached hydrogens (primary N) is 1. The zero-order valence-corrected chi connectivity index (χ0v) is 11.0. The fraction of sp³-hybridized carbons (Fsp3) is 0.600. The van der Waals surface area contributed by atoms with E-state index in [-0.39, 0.29) is 24.2 Å². The molecule has 6 nitrogen and oxygen atoms in total. The maximum Gasteiger partial charge on any atom is 0.360 e. The van der Waals surface area contributed by atoms with Gasteiger partial charge in [-0.15, -0.1) is 0 Å². The zero-order valence-electron chi connectivity index (χ0n) is 10.2. The van der Waals surface area contributed by atoms with E-state index >= 15 is 0 Å². The number of anilines is 1. The number of imidazole rings is 1. The van der Waals surface area contributed by atoms with E-state index in [0.29, 0.717) is 5.75 Å². The number of aromatic nitrogens is 2. The van der Waals surface area contributed by atoms with Crippen molar-refractivity contribution < 1.29 is 13.7 Å². The summed E-state index contributed by atoms with van der Waals surface area (Å²) in [6.45, 7) is 3.86. The molecular weight excluding hydrogens is 242 g/mol. The van der Waals surface area contributed by atoms with Crippen molar-refractivity contribution in [3.8, 4) is 0 Å². The highest BCUT2D eigenvalue weighted by atomic mass is 32.2. The van der Waals surface area contributed by atoms with Crippen molar-refractivity contribution in [2.45, 2.75) is 19.9 Å². The first-order valence-electron chi connectivity index (χ1n) is 5.26. The molecular formula is C10H17N3O3S. The molecule has 1 rings (SSSR count). The van der Waals surface area contributed by atoms with Gasteiger partial charge in [0.1, 0.15) is 5.82 Å². The quantitative estimate of drug-likeness (QED) is 0.782. The summed E-state index contributed by atoms with van der Waals surface area (Å²) in [4.78, 5) is 15.4. The number of carbonyl (C=O) groups is 1. The van der Waals surface area contributed by atoms with Crippen LogP contribution in [-0.2, 0) is 15.5 Å². The Hall–Kier alpha value is -1.37. The molecule has 2 N–H and O–H groups in total. The summed E-state index contributed by atoms with van der Waals surface area (Å²) in [5.41, 5.74) is 5.92. The maximum absolute atomic E-state index is 11.5. The van der Waals surface area contributed by atoms with E-state index in [1.54, 1.807) is 17.7 Å². The number of rotatable bonds is 5. The first kappa shape index (κ1) is 13.7. The number of hydrogen-bond acceptors (Lipinski definition) is 5. The molecule has 2 atom stereocenters. The number of esters is 1. The van der Waals surface area contributed by atoms with E-state index in [0.717, 1.165) is 0 Å². The van der Waals surface area contributed by atoms with Crippen molar-refractivity contribution in [2.75, 3.05) is 24.3 Å². The lowest BCUT2D eigenvalue weighted by Crippen LogP contribution is -2.15. The van der Waals surface area contributed by atoms with Crippen LogP contribution < -0.4 is 5.73 Å². The minimum atomic E-state index is -0.930. The first-order chi connectivity index (χ1) is 7.97. The summed E-state index contributed by atoms with van der Waals surface area (Å²) >= 11 is 0. The van der Waals surface area contributed by atoms with Crippen LogP contribution in [0.2, 0.25) is 0 Å². The first-order valence-corrected chi connectivity index (χ1v) is 6.99. The summed E-state index contributed by atoms with van der Waals surface area (Å²) < 4.78 is 17.6. The fourth-order valence-electron chi connectivity index (χ4n) is 1.50. The van der Waals surface area contributed by atoms with Gasteiger partial charge in [0.15, 0.2) is 5.69 Å². The van der Waals surface area contributed by atoms with E-state index in [9.17, 15) is 9.00 Å². The van der Waals surface area contributed by atoms with Gasteiger partial charge in [0.2, 0.25) is 0 Å². The van der Waals surface area contributed by atoms with Crippen molar-refractivity contribution >= 4 is 22.6 Å². The molecule has 0 radical (unpaired) electrons. The van der Waals surface area contributed by atoms with Crippen molar-refractivity contribution in [3.63, 3.8) is 0 Å². The number of ether oxygens (including phenoxy) is 1. The largest absolute Gasteiger partial charge is 0.461 e. The fourth-order valence-corrected chi connectivity index (χ4v) is 2.34. The number of nitrogens with zero attached hydrogens (tertiary/aromatic N) is 2. The Labute approximate surface area is 103 Å². The van der Waals surface area contributed by atoms with Gasteiger partial charge in [-0.3, -0.25) is 4.21 Å². The van der Waals surface area contributed by atoms with Crippen LogP contribution in [0.25, 0.3) is 0 Å². The zero-order chi connectivity index (χ0) is 13.0. The molecule has 0 aliphatic carbocycles. The Morgan fingerprint density at radius 3 is 2.88 bits per heavy atom. The number of nitrogen functional groups attached to an aromatic ring is 1. The van der Waals surface area contributed by atoms with Gasteiger partial charge in [-0.2, -0.15) is 0 Å². The third-order valence-corrected chi connectivity index (χ3v) is 3.20. The molecule has 0 aromatic carbocycles. The third-order valence-electron chi connectivity index (χ3n) is 2.25. The van der Waals surface area contributed by atoms with Crippen LogP contribution in [0.5, 0.6) is 0 Å². The molecule has 0 aliphatic rings. The average Bonchev–Trinajstić information content (AvgIpc) is 2.59. The average molecular weight is 259 g/mol. The van der Waals surface area contributed by atoms with Gasteiger partial charge in [-0.1, -0.05) is 0 Å². The molecule has 0 aliphatic heterocycles. The molecule has 0 spiro atoms. The van der Waals surface area contributed by atoms with Crippen molar-refractivity contribution in [1.29, 1.82) is 0 Å². The highest BCUT2D eigenvalue weighted by Gasteiger charge is 2.19. The van der Waals surface area contributed by atoms with E-state index in [2.05, 4.69) is 4.98 Å². The molecule has 0 amide bonds. The molecule has 17 heavy (non-hydrogen) atoms. The molecule has 0 saturated carbocycles. The molecule has 0 bridgehead atoms. The van der Waals surface area contributed by atoms with Crippen LogP contribution in [0.1, 0.15) is 30.4 Å². The molecule has 1 heterocycles. The molecule has 96 valence electrons. The van der Waals surface area contributed by atoms with Gasteiger partial charge in [0, 0.05) is 28.9 Å². The molecule has 0 fully saturated rings. The van der Waals surface area contributed by atoms with Gasteiger partial charge in [-0.25, -0.2) is 9.78 Å². The topological polar surface area (TPSA) is 87.2 Å². The predicted molar refractivity (Wildman–Crippen MR) is 66.2 cm³/mol. The minimum Gasteiger partial charge on any atom is -0.461 e. The summed E-state index contributed by atoms with van der Waals surface area (Å²) in [6.07, 6.45) is 3.09. The van der Waals surface area contributed by atoms with Crippen LogP contribution in [-0.4, -0.2) is 38.3 Å². The standard InChI is InChI=1S/C10H17N3O3S/c1-4-16-10(14)8-9(11)13(6-12-8)7(2)5-17(3)15/h6-7H,4-5,11H2,1-3H3. The summed E-state index contributed by atoms with van der Waals surface area (Å²) in [6, 6.07) is -0.0727. The second-order valence-electron chi connectivity index (χ2n) is 3.70. The lowest BCUT2D eigenvalue weighted by Gasteiger charge is -2.13. The van der Waals surface area contributed by atoms with Gasteiger partial charge in [0.25, 0.3) is 0 Å². The molecule has 1 aromatic heterocycles. The van der Waals surface area contributed by atoms with Gasteiger partial charge in [-0.05, 0) is 13.8 Å². The van der Waals surface area contributed by atoms with E-state index < -0.39 is 16.8 Å². The Bertz CT molecular complexity index is 430. The third kappa shape index (κ3) is 3.29. The lowest BCUT2D eigenvalue weighted by atomic mass is 10.3. The highest BCUT2D eigenvalue weighted by Crippen LogP contribution is 2.17. The Morgan fingerprint density at radius 2 is 2.35 bits per heavy atom. The monoisotopic (exact) mass is 259 g/mol. The molecule has 2 unspecified atom stereocenters. The Morgan fingerprint density at radius 1 is 1.71 bits per heavy atom. The van der Waals surface area contributed by atoms with E-state index in [1.165, 1.54) is 6.33 Å². The lowest BCUT2D eigenvalue weighted by molar-refractivity contribution is 0.0521. The Kier molecular flexibility index (Phi) is 4.68. The maximum atomic E-state index is 11.5. The second kappa shape index (κ2) is 5.81. The van der Waals surface area contributed by atoms with Crippen LogP contribution in [0.4, 0.5) is 5.82 Å². The van der Waals surface area contributed by atoms with Crippen LogP contribution in [0.15, 0.2) is 6.33 Å². The smallest absolute Gasteiger partial charge is 0.360 e. The van der Waals surface area contributed by atoms with E-state index in [1.807, 2.05) is 6.92 Å². The van der Waals surface area contributed by atoms with E-state index in [4.69, 9.17) is 10.5 Å². The SMILES string of the molecule is CCOC(=O)c1ncn(C(C)CS(C)=O)c1N. The van der Waals surface area contributed by atoms with Gasteiger partial charge >= 0.3 is 5.97 Å². The van der Waals surface area contributed by atoms with Crippen molar-refractivity contribution in [3.05, 3.63) is 12.0 Å². The summed E-state index contributed by atoms with van der Waals surface area (Å²) in [5, 5.41) is 0. The van der Waals surface area contributed by atoms with Gasteiger partial charge < -0.3 is 15.0 Å². The molecule has 7 heteroatoms. The normalized spacial score (nSPS) is 14.3. The van der Waals surface area contributed by atoms with Crippen LogP contribution in [0.3, 0.4) is 0 Å². The Balaban J connectivity index is 2.90.